The van der Waals surface area contributed by atoms with Crippen LogP contribution in [-0.2, 0) is 22.6 Å². The molecule has 7 heteroatoms. The van der Waals surface area contributed by atoms with Crippen molar-refractivity contribution in [1.29, 1.82) is 0 Å². The number of carbonyl (C=O) groups excluding carboxylic acids is 1. The Morgan fingerprint density at radius 3 is 2.64 bits per heavy atom. The van der Waals surface area contributed by atoms with E-state index in [9.17, 15) is 4.79 Å². The van der Waals surface area contributed by atoms with E-state index in [2.05, 4.69) is 41.1 Å². The van der Waals surface area contributed by atoms with Crippen molar-refractivity contribution in [2.45, 2.75) is 20.0 Å². The number of nitrogen functional groups attached to an aromatic ring is 1. The molecule has 33 heavy (non-hydrogen) atoms. The molecule has 0 saturated carbocycles. The van der Waals surface area contributed by atoms with Crippen molar-refractivity contribution in [2.75, 3.05) is 39.1 Å². The number of hydrogen-bond donors (Lipinski definition) is 1. The molecule has 4 rings (SSSR count). The van der Waals surface area contributed by atoms with Crippen molar-refractivity contribution >= 4 is 41.0 Å². The Morgan fingerprint density at radius 1 is 1.15 bits per heavy atom. The third-order valence-corrected chi connectivity index (χ3v) is 5.95. The van der Waals surface area contributed by atoms with Gasteiger partial charge in [0.25, 0.3) is 0 Å². The molecule has 1 fully saturated rings. The number of amides is 1. The average molecular weight is 467 g/mol. The second-order valence-electron chi connectivity index (χ2n) is 8.32. The number of benzene rings is 2. The molecule has 0 aliphatic carbocycles. The van der Waals surface area contributed by atoms with Crippen LogP contribution in [0, 0.1) is 6.92 Å². The quantitative estimate of drug-likeness (QED) is 0.555. The fraction of sp³-hybridized carbons (Fsp3) is 0.308. The van der Waals surface area contributed by atoms with Crippen molar-refractivity contribution in [3.8, 4) is 0 Å². The van der Waals surface area contributed by atoms with Gasteiger partial charge in [-0.2, -0.15) is 0 Å². The van der Waals surface area contributed by atoms with Gasteiger partial charge in [0.05, 0.1) is 13.2 Å². The van der Waals surface area contributed by atoms with Gasteiger partial charge in [-0.1, -0.05) is 36.4 Å². The van der Waals surface area contributed by atoms with Crippen molar-refractivity contribution in [2.24, 2.45) is 0 Å². The van der Waals surface area contributed by atoms with Crippen LogP contribution in [0.1, 0.15) is 22.3 Å². The number of halogens is 1. The number of nitrogens with two attached hydrogens (primary N) is 1. The third kappa shape index (κ3) is 6.11. The summed E-state index contributed by atoms with van der Waals surface area (Å²) in [5.74, 6) is 0.476. The lowest BCUT2D eigenvalue weighted by Crippen LogP contribution is -2.35. The molecule has 2 aromatic carbocycles. The molecule has 2 N–H and O–H groups in total. The Morgan fingerprint density at radius 2 is 1.88 bits per heavy atom. The van der Waals surface area contributed by atoms with E-state index in [1.165, 1.54) is 16.3 Å². The molecule has 0 spiro atoms. The van der Waals surface area contributed by atoms with Gasteiger partial charge in [-0.15, -0.1) is 12.4 Å². The zero-order valence-corrected chi connectivity index (χ0v) is 20.0. The fourth-order valence-electron chi connectivity index (χ4n) is 4.04. The molecule has 1 amide bonds. The molecule has 6 nitrogen and oxygen atoms in total. The van der Waals surface area contributed by atoms with Gasteiger partial charge in [0.2, 0.25) is 5.91 Å². The Bertz CT molecular complexity index is 1140. The molecule has 0 radical (unpaired) electrons. The predicted molar refractivity (Wildman–Crippen MR) is 136 cm³/mol. The van der Waals surface area contributed by atoms with E-state index in [0.717, 1.165) is 49.5 Å². The van der Waals surface area contributed by atoms with Gasteiger partial charge in [-0.25, -0.2) is 4.98 Å². The van der Waals surface area contributed by atoms with E-state index in [1.807, 2.05) is 25.2 Å². The highest BCUT2D eigenvalue weighted by Gasteiger charge is 2.13. The predicted octanol–water partition coefficient (Wildman–Crippen LogP) is 4.05. The van der Waals surface area contributed by atoms with Gasteiger partial charge >= 0.3 is 0 Å². The van der Waals surface area contributed by atoms with Gasteiger partial charge in [0.1, 0.15) is 5.82 Å². The number of likely N-dealkylation sites (N-methyl/N-ethyl adjacent to an activating group) is 1. The summed E-state index contributed by atoms with van der Waals surface area (Å²) in [4.78, 5) is 21.1. The first-order valence-electron chi connectivity index (χ1n) is 11.0. The Kier molecular flexibility index (Phi) is 8.44. The maximum Gasteiger partial charge on any atom is 0.246 e. The minimum atomic E-state index is -0.0544. The normalized spacial score (nSPS) is 14.4. The van der Waals surface area contributed by atoms with Crippen LogP contribution in [0.3, 0.4) is 0 Å². The highest BCUT2D eigenvalue weighted by molar-refractivity contribution is 5.92. The summed E-state index contributed by atoms with van der Waals surface area (Å²) in [7, 11) is 1.83. The highest BCUT2D eigenvalue weighted by Crippen LogP contribution is 2.23. The molecule has 174 valence electrons. The van der Waals surface area contributed by atoms with Gasteiger partial charge < -0.3 is 15.4 Å². The van der Waals surface area contributed by atoms with E-state index in [-0.39, 0.29) is 18.3 Å². The van der Waals surface area contributed by atoms with Crippen LogP contribution in [0.15, 0.2) is 54.7 Å². The summed E-state index contributed by atoms with van der Waals surface area (Å²) in [6.07, 6.45) is 5.11. The van der Waals surface area contributed by atoms with E-state index >= 15 is 0 Å². The maximum absolute atomic E-state index is 12.8. The number of anilines is 1. The Balaban J connectivity index is 0.00000306. The van der Waals surface area contributed by atoms with E-state index in [4.69, 9.17) is 10.5 Å². The van der Waals surface area contributed by atoms with Crippen molar-refractivity contribution in [1.82, 2.24) is 14.8 Å². The molecular weight excluding hydrogens is 436 g/mol. The fourth-order valence-corrected chi connectivity index (χ4v) is 4.04. The lowest BCUT2D eigenvalue weighted by molar-refractivity contribution is -0.125. The molecule has 1 saturated heterocycles. The molecule has 3 aromatic rings. The number of aryl methyl sites for hydroxylation is 1. The van der Waals surface area contributed by atoms with Crippen molar-refractivity contribution in [3.05, 3.63) is 77.0 Å². The summed E-state index contributed by atoms with van der Waals surface area (Å²) in [5.41, 5.74) is 10.3. The third-order valence-electron chi connectivity index (χ3n) is 5.95. The highest BCUT2D eigenvalue weighted by atomic mass is 35.5. The number of fused-ring (bicyclic) bond motifs is 1. The van der Waals surface area contributed by atoms with Gasteiger partial charge in [-0.3, -0.25) is 9.69 Å². The number of aromatic nitrogens is 1. The molecule has 1 aliphatic heterocycles. The smallest absolute Gasteiger partial charge is 0.246 e. The van der Waals surface area contributed by atoms with Crippen molar-refractivity contribution < 1.29 is 9.53 Å². The van der Waals surface area contributed by atoms with E-state index in [1.54, 1.807) is 23.2 Å². The zero-order chi connectivity index (χ0) is 22.5. The lowest BCUT2D eigenvalue weighted by Gasteiger charge is -2.26. The van der Waals surface area contributed by atoms with Crippen LogP contribution >= 0.6 is 12.4 Å². The van der Waals surface area contributed by atoms with E-state index < -0.39 is 0 Å². The molecule has 0 bridgehead atoms. The largest absolute Gasteiger partial charge is 0.383 e. The number of pyridine rings is 1. The summed E-state index contributed by atoms with van der Waals surface area (Å²) < 4.78 is 5.41. The monoisotopic (exact) mass is 466 g/mol. The van der Waals surface area contributed by atoms with Crippen LogP contribution in [-0.4, -0.2) is 54.0 Å². The number of rotatable bonds is 6. The second-order valence-corrected chi connectivity index (χ2v) is 8.32. The van der Waals surface area contributed by atoms with Crippen LogP contribution < -0.4 is 5.73 Å². The minimum Gasteiger partial charge on any atom is -0.383 e. The molecule has 1 aliphatic rings. The van der Waals surface area contributed by atoms with Crippen LogP contribution in [0.5, 0.6) is 0 Å². The number of ether oxygens (including phenoxy) is 1. The first-order valence-corrected chi connectivity index (χ1v) is 11.0. The standard InChI is InChI=1S/C26H30N4O2.ClH/c1-19-7-9-21(24-6-4-3-5-23(19)24)17-29(2)25(31)10-8-20-15-22(26(27)28-16-20)18-30-11-13-32-14-12-30;/h3-10,15-16H,11-14,17-18H2,1-2H3,(H2,27,28);1H/b10-8+;. The topological polar surface area (TPSA) is 71.7 Å². The van der Waals surface area contributed by atoms with E-state index in [0.29, 0.717) is 12.4 Å². The summed E-state index contributed by atoms with van der Waals surface area (Å²) in [6.45, 7) is 6.64. The maximum atomic E-state index is 12.8. The number of hydrogen-bond acceptors (Lipinski definition) is 5. The number of morpholine rings is 1. The van der Waals surface area contributed by atoms with Crippen molar-refractivity contribution in [3.63, 3.8) is 0 Å². The second kappa shape index (κ2) is 11.3. The molecular formula is C26H31ClN4O2. The lowest BCUT2D eigenvalue weighted by atomic mass is 10.00. The SMILES string of the molecule is Cc1ccc(CN(C)C(=O)/C=C/c2cnc(N)c(CN3CCOCC3)c2)c2ccccc12.Cl. The molecule has 2 heterocycles. The minimum absolute atomic E-state index is 0. The first kappa shape index (κ1) is 24.7. The van der Waals surface area contributed by atoms with Gasteiger partial charge in [0, 0.05) is 51.1 Å². The summed E-state index contributed by atoms with van der Waals surface area (Å²) >= 11 is 0. The summed E-state index contributed by atoms with van der Waals surface area (Å²) in [5, 5.41) is 2.41. The van der Waals surface area contributed by atoms with Gasteiger partial charge in [-0.05, 0) is 46.5 Å². The molecule has 1 aromatic heterocycles. The molecule has 0 atom stereocenters. The average Bonchev–Trinajstić information content (AvgIpc) is 2.82. The van der Waals surface area contributed by atoms with Crippen LogP contribution in [0.2, 0.25) is 0 Å². The zero-order valence-electron chi connectivity index (χ0n) is 19.2. The number of carbonyl (C=O) groups is 1. The Hall–Kier alpha value is -2.93. The Labute approximate surface area is 201 Å². The number of nitrogens with zero attached hydrogens (tertiary/aromatic N) is 3. The van der Waals surface area contributed by atoms with Crippen LogP contribution in [0.25, 0.3) is 16.8 Å². The van der Waals surface area contributed by atoms with Crippen LogP contribution in [0.4, 0.5) is 5.82 Å². The first-order chi connectivity index (χ1) is 15.5. The van der Waals surface area contributed by atoms with Gasteiger partial charge in [0.15, 0.2) is 0 Å². The summed E-state index contributed by atoms with van der Waals surface area (Å²) in [6, 6.07) is 14.5. The molecule has 0 unspecified atom stereocenters.